The van der Waals surface area contributed by atoms with Gasteiger partial charge in [-0.25, -0.2) is 0 Å². The van der Waals surface area contributed by atoms with Crippen LogP contribution >= 0.6 is 12.4 Å². The summed E-state index contributed by atoms with van der Waals surface area (Å²) < 4.78 is 37.7. The van der Waals surface area contributed by atoms with E-state index >= 15 is 0 Å². The Morgan fingerprint density at radius 3 is 2.73 bits per heavy atom. The highest BCUT2D eigenvalue weighted by atomic mass is 35.5. The summed E-state index contributed by atoms with van der Waals surface area (Å²) in [7, 11) is 0. The molecule has 1 aliphatic heterocycles. The van der Waals surface area contributed by atoms with Crippen molar-refractivity contribution < 1.29 is 18.0 Å². The molecule has 122 valence electrons. The van der Waals surface area contributed by atoms with Crippen LogP contribution in [0.3, 0.4) is 0 Å². The molecule has 1 amide bonds. The van der Waals surface area contributed by atoms with E-state index < -0.39 is 11.7 Å². The first-order valence-corrected chi connectivity index (χ1v) is 6.74. The second-order valence-electron chi connectivity index (χ2n) is 5.13. The summed E-state index contributed by atoms with van der Waals surface area (Å²) in [5.41, 5.74) is 5.19. The van der Waals surface area contributed by atoms with Crippen molar-refractivity contribution in [2.45, 2.75) is 12.6 Å². The Bertz CT molecular complexity index is 546. The lowest BCUT2D eigenvalue weighted by Gasteiger charge is -2.13. The number of alkyl halides is 3. The highest BCUT2D eigenvalue weighted by Gasteiger charge is 2.30. The van der Waals surface area contributed by atoms with E-state index in [1.165, 1.54) is 24.3 Å². The third kappa shape index (κ3) is 4.74. The number of hydrogen-bond acceptors (Lipinski definition) is 2. The molecule has 1 aromatic carbocycles. The predicted octanol–water partition coefficient (Wildman–Crippen LogP) is 2.95. The van der Waals surface area contributed by atoms with Crippen LogP contribution < -0.4 is 5.73 Å². The fraction of sp³-hybridized carbons (Fsp3) is 0.400. The molecule has 0 aliphatic carbocycles. The van der Waals surface area contributed by atoms with Crippen LogP contribution in [0.1, 0.15) is 17.5 Å². The lowest BCUT2D eigenvalue weighted by atomic mass is 10.1. The molecule has 0 aromatic heterocycles. The van der Waals surface area contributed by atoms with Gasteiger partial charge in [0, 0.05) is 19.2 Å². The third-order valence-electron chi connectivity index (χ3n) is 3.56. The number of rotatable bonds is 3. The van der Waals surface area contributed by atoms with E-state index in [-0.39, 0.29) is 18.3 Å². The number of amides is 1. The van der Waals surface area contributed by atoms with E-state index in [0.717, 1.165) is 18.6 Å². The molecule has 1 saturated heterocycles. The van der Waals surface area contributed by atoms with Crippen molar-refractivity contribution in [2.75, 3.05) is 19.6 Å². The van der Waals surface area contributed by atoms with Gasteiger partial charge in [0.25, 0.3) is 0 Å². The minimum absolute atomic E-state index is 0. The summed E-state index contributed by atoms with van der Waals surface area (Å²) in [6.45, 7) is 1.80. The maximum absolute atomic E-state index is 12.6. The molecular formula is C15H18ClF3N2O. The number of benzene rings is 1. The Balaban J connectivity index is 0.00000242. The van der Waals surface area contributed by atoms with Gasteiger partial charge in [-0.3, -0.25) is 4.79 Å². The van der Waals surface area contributed by atoms with Crippen LogP contribution in [0.15, 0.2) is 30.3 Å². The van der Waals surface area contributed by atoms with Crippen molar-refractivity contribution in [3.05, 3.63) is 41.5 Å². The molecule has 0 saturated carbocycles. The average molecular weight is 335 g/mol. The van der Waals surface area contributed by atoms with Gasteiger partial charge in [0.15, 0.2) is 0 Å². The maximum atomic E-state index is 12.6. The van der Waals surface area contributed by atoms with E-state index in [1.807, 2.05) is 0 Å². The SMILES string of the molecule is Cl.NCC1CCN(C(=O)C=Cc2cccc(C(F)(F)F)c2)C1. The van der Waals surface area contributed by atoms with Crippen LogP contribution in [0.5, 0.6) is 0 Å². The normalized spacial score (nSPS) is 18.5. The molecule has 1 aliphatic rings. The van der Waals surface area contributed by atoms with Gasteiger partial charge in [-0.15, -0.1) is 12.4 Å². The first kappa shape index (κ1) is 18.5. The summed E-state index contributed by atoms with van der Waals surface area (Å²) in [5, 5.41) is 0. The standard InChI is InChI=1S/C15H17F3N2O.ClH/c16-15(17,18)13-3-1-2-11(8-13)4-5-14(21)20-7-6-12(9-19)10-20;/h1-5,8,12H,6-7,9-10,19H2;1H. The van der Waals surface area contributed by atoms with Gasteiger partial charge in [-0.05, 0) is 42.7 Å². The summed E-state index contributed by atoms with van der Waals surface area (Å²) in [6, 6.07) is 4.89. The summed E-state index contributed by atoms with van der Waals surface area (Å²) in [4.78, 5) is 13.6. The molecule has 0 bridgehead atoms. The summed E-state index contributed by atoms with van der Waals surface area (Å²) in [5.74, 6) is 0.124. The van der Waals surface area contributed by atoms with E-state index in [0.29, 0.717) is 31.1 Å². The Morgan fingerprint density at radius 1 is 1.41 bits per heavy atom. The van der Waals surface area contributed by atoms with E-state index in [9.17, 15) is 18.0 Å². The van der Waals surface area contributed by atoms with E-state index in [1.54, 1.807) is 4.90 Å². The number of likely N-dealkylation sites (tertiary alicyclic amines) is 1. The Hall–Kier alpha value is -1.53. The van der Waals surface area contributed by atoms with Crippen molar-refractivity contribution in [2.24, 2.45) is 11.7 Å². The van der Waals surface area contributed by atoms with Crippen molar-refractivity contribution in [1.82, 2.24) is 4.90 Å². The van der Waals surface area contributed by atoms with E-state index in [4.69, 9.17) is 5.73 Å². The Kier molecular flexibility index (Phi) is 6.44. The van der Waals surface area contributed by atoms with E-state index in [2.05, 4.69) is 0 Å². The lowest BCUT2D eigenvalue weighted by Crippen LogP contribution is -2.28. The topological polar surface area (TPSA) is 46.3 Å². The fourth-order valence-electron chi connectivity index (χ4n) is 2.32. The number of nitrogens with two attached hydrogens (primary N) is 1. The van der Waals surface area contributed by atoms with Crippen LogP contribution in [0.25, 0.3) is 6.08 Å². The molecule has 1 heterocycles. The first-order valence-electron chi connectivity index (χ1n) is 6.74. The molecule has 7 heteroatoms. The molecule has 1 aromatic rings. The molecule has 22 heavy (non-hydrogen) atoms. The second-order valence-corrected chi connectivity index (χ2v) is 5.13. The van der Waals surface area contributed by atoms with Crippen molar-refractivity contribution in [1.29, 1.82) is 0 Å². The quantitative estimate of drug-likeness (QED) is 0.864. The fourth-order valence-corrected chi connectivity index (χ4v) is 2.32. The molecule has 3 nitrogen and oxygen atoms in total. The van der Waals surface area contributed by atoms with Crippen molar-refractivity contribution in [3.63, 3.8) is 0 Å². The van der Waals surface area contributed by atoms with Gasteiger partial charge in [0.05, 0.1) is 5.56 Å². The molecular weight excluding hydrogens is 317 g/mol. The van der Waals surface area contributed by atoms with Crippen LogP contribution in [0.2, 0.25) is 0 Å². The molecule has 1 unspecified atom stereocenters. The summed E-state index contributed by atoms with van der Waals surface area (Å²) in [6.07, 6.45) is -0.779. The maximum Gasteiger partial charge on any atom is 0.416 e. The summed E-state index contributed by atoms with van der Waals surface area (Å²) >= 11 is 0. The number of carbonyl (C=O) groups excluding carboxylic acids is 1. The van der Waals surface area contributed by atoms with Crippen LogP contribution in [0, 0.1) is 5.92 Å². The zero-order valence-electron chi connectivity index (χ0n) is 11.8. The van der Waals surface area contributed by atoms with Gasteiger partial charge in [0.2, 0.25) is 5.91 Å². The van der Waals surface area contributed by atoms with Crippen molar-refractivity contribution in [3.8, 4) is 0 Å². The highest BCUT2D eigenvalue weighted by Crippen LogP contribution is 2.29. The Labute approximate surface area is 133 Å². The largest absolute Gasteiger partial charge is 0.416 e. The van der Waals surface area contributed by atoms with Crippen LogP contribution in [0.4, 0.5) is 13.2 Å². The number of nitrogens with zero attached hydrogens (tertiary/aromatic N) is 1. The number of hydrogen-bond donors (Lipinski definition) is 1. The average Bonchev–Trinajstić information content (AvgIpc) is 2.93. The monoisotopic (exact) mass is 334 g/mol. The smallest absolute Gasteiger partial charge is 0.339 e. The molecule has 2 rings (SSSR count). The minimum Gasteiger partial charge on any atom is -0.339 e. The van der Waals surface area contributed by atoms with Crippen molar-refractivity contribution >= 4 is 24.4 Å². The van der Waals surface area contributed by atoms with Gasteiger partial charge in [-0.1, -0.05) is 12.1 Å². The molecule has 1 atom stereocenters. The minimum atomic E-state index is -4.38. The van der Waals surface area contributed by atoms with Gasteiger partial charge in [-0.2, -0.15) is 13.2 Å². The van der Waals surface area contributed by atoms with Gasteiger partial charge >= 0.3 is 6.18 Å². The lowest BCUT2D eigenvalue weighted by molar-refractivity contribution is -0.137. The molecule has 0 radical (unpaired) electrons. The van der Waals surface area contributed by atoms with Gasteiger partial charge in [0.1, 0.15) is 0 Å². The molecule has 0 spiro atoms. The highest BCUT2D eigenvalue weighted by molar-refractivity contribution is 5.92. The van der Waals surface area contributed by atoms with Crippen LogP contribution in [-0.4, -0.2) is 30.4 Å². The zero-order valence-corrected chi connectivity index (χ0v) is 12.7. The molecule has 2 N–H and O–H groups in total. The molecule has 1 fully saturated rings. The number of carbonyl (C=O) groups is 1. The predicted molar refractivity (Wildman–Crippen MR) is 81.5 cm³/mol. The zero-order chi connectivity index (χ0) is 15.5. The Morgan fingerprint density at radius 2 is 2.14 bits per heavy atom. The number of halogens is 4. The van der Waals surface area contributed by atoms with Gasteiger partial charge < -0.3 is 10.6 Å². The van der Waals surface area contributed by atoms with Crippen LogP contribution in [-0.2, 0) is 11.0 Å². The first-order chi connectivity index (χ1) is 9.90. The third-order valence-corrected chi connectivity index (χ3v) is 3.56. The second kappa shape index (κ2) is 7.65.